The molecule has 0 atom stereocenters. The average molecular weight is 881 g/mol. The summed E-state index contributed by atoms with van der Waals surface area (Å²) in [7, 11) is 0. The van der Waals surface area contributed by atoms with E-state index in [1.807, 2.05) is 6.07 Å². The normalized spacial score (nSPS) is 11.5. The predicted octanol–water partition coefficient (Wildman–Crippen LogP) is 18.5. The summed E-state index contributed by atoms with van der Waals surface area (Å²) in [4.78, 5) is 2.41. The molecule has 2 aromatic heterocycles. The molecule has 0 saturated heterocycles. The summed E-state index contributed by atoms with van der Waals surface area (Å²) in [6, 6.07) is 96.1. The number of benzene rings is 11. The number of nitrogens with zero attached hydrogens (tertiary/aromatic N) is 2. The lowest BCUT2D eigenvalue weighted by Gasteiger charge is -2.29. The fourth-order valence-electron chi connectivity index (χ4n) is 10.4. The van der Waals surface area contributed by atoms with Crippen LogP contribution in [0.2, 0.25) is 0 Å². The first kappa shape index (κ1) is 40.1. The standard InChI is InChI=1S/C66H44N2O/c1-2-18-46(19-3-1)54-26-4-5-27-55(54)50-23-16-24-52(44-50)67(61-33-10-8-30-58(61)59-32-17-37-65-66(59)60-31-9-13-36-64(60)69-65)51-40-38-45(39-41-51)47-20-14-21-48(42-47)49-22-15-25-53(43-49)68-62-34-11-6-28-56(62)57-29-7-12-35-63(57)68/h1-44H. The van der Waals surface area contributed by atoms with Gasteiger partial charge in [-0.15, -0.1) is 0 Å². The molecule has 0 radical (unpaired) electrons. The van der Waals surface area contributed by atoms with Gasteiger partial charge in [0.15, 0.2) is 0 Å². The van der Waals surface area contributed by atoms with Crippen molar-refractivity contribution in [1.82, 2.24) is 4.57 Å². The highest BCUT2D eigenvalue weighted by atomic mass is 16.3. The summed E-state index contributed by atoms with van der Waals surface area (Å²) < 4.78 is 8.81. The number of furan rings is 1. The molecule has 0 spiro atoms. The van der Waals surface area contributed by atoms with Gasteiger partial charge in [0.25, 0.3) is 0 Å². The highest BCUT2D eigenvalue weighted by Crippen LogP contribution is 2.46. The molecular formula is C66H44N2O. The van der Waals surface area contributed by atoms with Crippen molar-refractivity contribution in [3.8, 4) is 61.3 Å². The second-order valence-electron chi connectivity index (χ2n) is 17.6. The number of anilines is 3. The third kappa shape index (κ3) is 7.08. The molecule has 0 N–H and O–H groups in total. The second kappa shape index (κ2) is 16.9. The molecule has 11 aromatic carbocycles. The predicted molar refractivity (Wildman–Crippen MR) is 290 cm³/mol. The quantitative estimate of drug-likeness (QED) is 0.144. The number of para-hydroxylation sites is 4. The van der Waals surface area contributed by atoms with Crippen LogP contribution < -0.4 is 4.90 Å². The summed E-state index contributed by atoms with van der Waals surface area (Å²) in [6.07, 6.45) is 0. The molecule has 3 nitrogen and oxygen atoms in total. The van der Waals surface area contributed by atoms with Crippen molar-refractivity contribution in [2.75, 3.05) is 4.90 Å². The average Bonchev–Trinajstić information content (AvgIpc) is 3.98. The maximum atomic E-state index is 6.43. The Hall–Kier alpha value is -9.18. The van der Waals surface area contributed by atoms with Crippen molar-refractivity contribution in [3.63, 3.8) is 0 Å². The van der Waals surface area contributed by atoms with E-state index in [-0.39, 0.29) is 0 Å². The summed E-state index contributed by atoms with van der Waals surface area (Å²) in [5, 5.41) is 4.74. The molecule has 0 saturated carbocycles. The van der Waals surface area contributed by atoms with Crippen molar-refractivity contribution < 1.29 is 4.42 Å². The molecule has 0 aliphatic heterocycles. The van der Waals surface area contributed by atoms with Crippen molar-refractivity contribution in [2.45, 2.75) is 0 Å². The zero-order chi connectivity index (χ0) is 45.7. The molecule has 13 aromatic rings. The van der Waals surface area contributed by atoms with Gasteiger partial charge in [-0.05, 0) is 123 Å². The van der Waals surface area contributed by atoms with E-state index in [0.717, 1.165) is 72.5 Å². The van der Waals surface area contributed by atoms with Crippen LogP contribution >= 0.6 is 0 Å². The third-order valence-electron chi connectivity index (χ3n) is 13.6. The molecule has 0 fully saturated rings. The summed E-state index contributed by atoms with van der Waals surface area (Å²) >= 11 is 0. The Bertz CT molecular complexity index is 3970. The van der Waals surface area contributed by atoms with E-state index in [4.69, 9.17) is 4.42 Å². The Kier molecular flexibility index (Phi) is 9.84. The van der Waals surface area contributed by atoms with Crippen LogP contribution in [0.1, 0.15) is 0 Å². The van der Waals surface area contributed by atoms with Gasteiger partial charge in [0, 0.05) is 44.2 Å². The van der Waals surface area contributed by atoms with E-state index in [1.165, 1.54) is 49.6 Å². The van der Waals surface area contributed by atoms with Crippen molar-refractivity contribution in [3.05, 3.63) is 267 Å². The molecule has 3 heteroatoms. The van der Waals surface area contributed by atoms with Crippen LogP contribution in [0, 0.1) is 0 Å². The minimum Gasteiger partial charge on any atom is -0.456 e. The van der Waals surface area contributed by atoms with Crippen molar-refractivity contribution in [2.24, 2.45) is 0 Å². The Labute approximate surface area is 401 Å². The Balaban J connectivity index is 0.921. The molecule has 324 valence electrons. The van der Waals surface area contributed by atoms with Gasteiger partial charge < -0.3 is 13.9 Å². The lowest BCUT2D eigenvalue weighted by Crippen LogP contribution is -2.11. The van der Waals surface area contributed by atoms with Gasteiger partial charge in [-0.25, -0.2) is 0 Å². The van der Waals surface area contributed by atoms with Gasteiger partial charge in [-0.1, -0.05) is 194 Å². The van der Waals surface area contributed by atoms with E-state index in [9.17, 15) is 0 Å². The van der Waals surface area contributed by atoms with Crippen LogP contribution in [0.4, 0.5) is 17.1 Å². The Morgan fingerprint density at radius 3 is 1.58 bits per heavy atom. The topological polar surface area (TPSA) is 21.3 Å². The second-order valence-corrected chi connectivity index (χ2v) is 17.6. The summed E-state index contributed by atoms with van der Waals surface area (Å²) in [5.41, 5.74) is 20.1. The highest BCUT2D eigenvalue weighted by Gasteiger charge is 2.22. The van der Waals surface area contributed by atoms with Gasteiger partial charge in [0.2, 0.25) is 0 Å². The maximum absolute atomic E-state index is 6.43. The minimum atomic E-state index is 0.875. The molecule has 0 aliphatic carbocycles. The molecule has 69 heavy (non-hydrogen) atoms. The van der Waals surface area contributed by atoms with Crippen LogP contribution in [0.3, 0.4) is 0 Å². The van der Waals surface area contributed by atoms with Crippen LogP contribution in [-0.2, 0) is 0 Å². The number of rotatable bonds is 9. The van der Waals surface area contributed by atoms with Crippen LogP contribution in [0.15, 0.2) is 271 Å². The fourth-order valence-corrected chi connectivity index (χ4v) is 10.4. The number of aromatic nitrogens is 1. The molecule has 0 aliphatic rings. The van der Waals surface area contributed by atoms with E-state index in [2.05, 4.69) is 270 Å². The van der Waals surface area contributed by atoms with E-state index in [0.29, 0.717) is 0 Å². The number of hydrogen-bond acceptors (Lipinski definition) is 2. The van der Waals surface area contributed by atoms with Crippen molar-refractivity contribution >= 4 is 60.8 Å². The van der Waals surface area contributed by atoms with E-state index in [1.54, 1.807) is 0 Å². The molecule has 2 heterocycles. The maximum Gasteiger partial charge on any atom is 0.136 e. The number of fused-ring (bicyclic) bond motifs is 6. The van der Waals surface area contributed by atoms with Crippen LogP contribution in [-0.4, -0.2) is 4.57 Å². The zero-order valence-electron chi connectivity index (χ0n) is 37.7. The lowest BCUT2D eigenvalue weighted by molar-refractivity contribution is 0.669. The summed E-state index contributed by atoms with van der Waals surface area (Å²) in [5.74, 6) is 0. The smallest absolute Gasteiger partial charge is 0.136 e. The summed E-state index contributed by atoms with van der Waals surface area (Å²) in [6.45, 7) is 0. The van der Waals surface area contributed by atoms with Gasteiger partial charge >= 0.3 is 0 Å². The molecular weight excluding hydrogens is 837 g/mol. The Morgan fingerprint density at radius 2 is 0.812 bits per heavy atom. The first-order valence-corrected chi connectivity index (χ1v) is 23.6. The van der Waals surface area contributed by atoms with Gasteiger partial charge in [-0.3, -0.25) is 0 Å². The van der Waals surface area contributed by atoms with E-state index < -0.39 is 0 Å². The first-order chi connectivity index (χ1) is 34.2. The van der Waals surface area contributed by atoms with Crippen LogP contribution in [0.25, 0.3) is 105 Å². The number of hydrogen-bond donors (Lipinski definition) is 0. The first-order valence-electron chi connectivity index (χ1n) is 23.6. The van der Waals surface area contributed by atoms with Gasteiger partial charge in [0.1, 0.15) is 11.2 Å². The fraction of sp³-hybridized carbons (Fsp3) is 0. The Morgan fingerprint density at radius 1 is 0.290 bits per heavy atom. The van der Waals surface area contributed by atoms with Crippen LogP contribution in [0.5, 0.6) is 0 Å². The SMILES string of the molecule is c1ccc(-c2ccccc2-c2cccc(N(c3ccc(-c4cccc(-c5cccc(-n6c7ccccc7c7ccccc76)c5)c4)cc3)c3ccccc3-c3cccc4oc5ccccc5c34)c2)cc1. The largest absolute Gasteiger partial charge is 0.456 e. The molecule has 13 rings (SSSR count). The molecule has 0 amide bonds. The molecule has 0 bridgehead atoms. The van der Waals surface area contributed by atoms with E-state index >= 15 is 0 Å². The zero-order valence-corrected chi connectivity index (χ0v) is 37.7. The lowest BCUT2D eigenvalue weighted by atomic mass is 9.94. The van der Waals surface area contributed by atoms with Crippen molar-refractivity contribution in [1.29, 1.82) is 0 Å². The monoisotopic (exact) mass is 880 g/mol. The third-order valence-corrected chi connectivity index (χ3v) is 13.6. The molecule has 0 unspecified atom stereocenters. The highest BCUT2D eigenvalue weighted by molar-refractivity contribution is 6.14. The van der Waals surface area contributed by atoms with Gasteiger partial charge in [-0.2, -0.15) is 0 Å². The van der Waals surface area contributed by atoms with Gasteiger partial charge in [0.05, 0.1) is 16.7 Å². The minimum absolute atomic E-state index is 0.875.